The first-order chi connectivity index (χ1) is 5.20. The first-order valence-electron chi connectivity index (χ1n) is 1.84. The fourth-order valence-electron chi connectivity index (χ4n) is 0. The standard InChI is InChI=1S/2Al.2Ca.2Na.3O3Si.6H/c;;;;;;3*1-4(2)3;;;;;;/q2*+3;;;;;3*-2;;;;;;. The summed E-state index contributed by atoms with van der Waals surface area (Å²) in [6, 6.07) is 0. The van der Waals surface area contributed by atoms with E-state index in [1.165, 1.54) is 0 Å². The molecule has 0 atom stereocenters. The van der Waals surface area contributed by atoms with Crippen molar-refractivity contribution in [2.24, 2.45) is 0 Å². The Morgan fingerprint density at radius 2 is 0.500 bits per heavy atom. The van der Waals surface area contributed by atoms with Gasteiger partial charge in [0.05, 0.1) is 0 Å². The van der Waals surface area contributed by atoms with E-state index in [0.717, 1.165) is 0 Å². The SMILES string of the molecule is O=[Si]([O-])[O-].O=[Si]([O-])[O-].O=[Si]([O-])[O-].[Al+3].[Al+3].[CaH2].[CaH2].[NaH].[NaH]. The van der Waals surface area contributed by atoms with Gasteiger partial charge in [-0.25, -0.2) is 0 Å². The number of hydrogen-bond acceptors (Lipinski definition) is 9. The van der Waals surface area contributed by atoms with E-state index in [9.17, 15) is 0 Å². The van der Waals surface area contributed by atoms with Gasteiger partial charge in [0.2, 0.25) is 0 Å². The van der Waals surface area contributed by atoms with Crippen LogP contribution in [-0.2, 0) is 13.4 Å². The zero-order chi connectivity index (χ0) is 10.7. The molecule has 84 valence electrons. The summed E-state index contributed by atoms with van der Waals surface area (Å²) in [6.45, 7) is 0. The summed E-state index contributed by atoms with van der Waals surface area (Å²) >= 11 is 0. The zero-order valence-electron chi connectivity index (χ0n) is 6.33. The molecule has 18 heteroatoms. The van der Waals surface area contributed by atoms with Gasteiger partial charge < -0.3 is 42.2 Å². The van der Waals surface area contributed by atoms with Crippen LogP contribution in [0.25, 0.3) is 0 Å². The van der Waals surface area contributed by atoms with E-state index in [0.29, 0.717) is 0 Å². The molecule has 0 aromatic heterocycles. The Morgan fingerprint density at radius 1 is 0.500 bits per heavy atom. The third-order valence-electron chi connectivity index (χ3n) is 0. The van der Waals surface area contributed by atoms with Gasteiger partial charge in [-0.15, -0.1) is 0 Å². The Balaban J connectivity index is -0.00000000827. The van der Waals surface area contributed by atoms with Gasteiger partial charge in [0.1, 0.15) is 0 Å². The van der Waals surface area contributed by atoms with E-state index < -0.39 is 27.5 Å². The molecule has 18 heavy (non-hydrogen) atoms. The molecule has 0 saturated heterocycles. The first-order valence-corrected chi connectivity index (χ1v) is 5.51. The minimum atomic E-state index is -3.63. The van der Waals surface area contributed by atoms with Gasteiger partial charge in [-0.2, -0.15) is 0 Å². The third-order valence-corrected chi connectivity index (χ3v) is 0. The average molecular weight is 414 g/mol. The van der Waals surface area contributed by atoms with Crippen LogP contribution in [0.15, 0.2) is 0 Å². The molecule has 0 bridgehead atoms. The van der Waals surface area contributed by atoms with Crippen LogP contribution < -0.4 is 28.8 Å². The summed E-state index contributed by atoms with van der Waals surface area (Å²) in [4.78, 5) is 51.1. The van der Waals surface area contributed by atoms with Gasteiger partial charge >= 0.3 is 169 Å². The van der Waals surface area contributed by atoms with Gasteiger partial charge in [-0.1, -0.05) is 0 Å². The molecule has 0 aliphatic carbocycles. The van der Waals surface area contributed by atoms with Crippen molar-refractivity contribution in [2.45, 2.75) is 0 Å². The van der Waals surface area contributed by atoms with Crippen molar-refractivity contribution in [2.75, 3.05) is 0 Å². The molecule has 0 fully saturated rings. The fraction of sp³-hybridized carbons (Fsp3) is 0. The summed E-state index contributed by atoms with van der Waals surface area (Å²) in [5.41, 5.74) is 0. The van der Waals surface area contributed by atoms with E-state index in [-0.39, 0.29) is 169 Å². The van der Waals surface area contributed by atoms with Crippen molar-refractivity contribution < 1.29 is 42.2 Å². The summed E-state index contributed by atoms with van der Waals surface area (Å²) in [6.07, 6.45) is 0. The Kier molecular flexibility index (Phi) is 157. The second kappa shape index (κ2) is 49.6. The molecule has 0 aromatic carbocycles. The van der Waals surface area contributed by atoms with Crippen LogP contribution in [0.1, 0.15) is 0 Å². The number of rotatable bonds is 0. The van der Waals surface area contributed by atoms with E-state index in [1.807, 2.05) is 0 Å². The third kappa shape index (κ3) is 392. The molecule has 0 aliphatic heterocycles. The summed E-state index contributed by atoms with van der Waals surface area (Å²) in [7, 11) is -10.9. The van der Waals surface area contributed by atoms with Gasteiger partial charge in [0.15, 0.2) is 0 Å². The molecular weight excluding hydrogens is 408 g/mol. The van der Waals surface area contributed by atoms with Crippen LogP contribution >= 0.6 is 0 Å². The second-order valence-electron chi connectivity index (χ2n) is 0.750. The van der Waals surface area contributed by atoms with E-state index in [4.69, 9.17) is 42.2 Å². The molecule has 0 radical (unpaired) electrons. The molecule has 0 saturated carbocycles. The van der Waals surface area contributed by atoms with Crippen LogP contribution in [0, 0.1) is 0 Å². The maximum atomic E-state index is 8.52. The molecule has 0 aliphatic rings. The summed E-state index contributed by atoms with van der Waals surface area (Å²) in [5, 5.41) is 0. The average Bonchev–Trinajstić information content (AvgIpc) is 1.54. The first kappa shape index (κ1) is 57.1. The summed E-state index contributed by atoms with van der Waals surface area (Å²) < 4.78 is 25.6. The monoisotopic (exact) mass is 414 g/mol. The van der Waals surface area contributed by atoms with Crippen molar-refractivity contribution in [3.8, 4) is 0 Å². The molecule has 0 N–H and O–H groups in total. The Labute approximate surface area is 233 Å². The summed E-state index contributed by atoms with van der Waals surface area (Å²) in [5.74, 6) is 0. The van der Waals surface area contributed by atoms with Crippen molar-refractivity contribution in [3.63, 3.8) is 0 Å². The van der Waals surface area contributed by atoms with Crippen LogP contribution in [0.2, 0.25) is 0 Å². The number of hydrogen-bond donors (Lipinski definition) is 0. The molecule has 0 heterocycles. The van der Waals surface area contributed by atoms with E-state index >= 15 is 0 Å². The van der Waals surface area contributed by atoms with Gasteiger partial charge in [-0.05, 0) is 0 Å². The Hall–Kier alpha value is 4.44. The Morgan fingerprint density at radius 3 is 0.500 bits per heavy atom. The normalized spacial score (nSPS) is 4.00. The molecule has 0 amide bonds. The van der Waals surface area contributed by atoms with Crippen molar-refractivity contribution in [1.29, 1.82) is 0 Å². The predicted octanol–water partition coefficient (Wildman–Crippen LogP) is -12.5. The topological polar surface area (TPSA) is 190 Å². The van der Waals surface area contributed by atoms with Gasteiger partial charge in [0, 0.05) is 27.5 Å². The predicted molar refractivity (Wildman–Crippen MR) is 62.2 cm³/mol. The molecule has 0 rings (SSSR count). The van der Waals surface area contributed by atoms with Crippen LogP contribution in [0.3, 0.4) is 0 Å². The fourth-order valence-corrected chi connectivity index (χ4v) is 0. The van der Waals surface area contributed by atoms with Crippen molar-refractivity contribution >= 4 is 197 Å². The van der Waals surface area contributed by atoms with E-state index in [1.54, 1.807) is 0 Å². The second-order valence-corrected chi connectivity index (χ2v) is 2.25. The molecule has 0 aromatic rings. The quantitative estimate of drug-likeness (QED) is 0.346. The molecule has 9 nitrogen and oxygen atoms in total. The zero-order valence-corrected chi connectivity index (χ0v) is 11.6. The van der Waals surface area contributed by atoms with E-state index in [2.05, 4.69) is 0 Å². The van der Waals surface area contributed by atoms with Crippen molar-refractivity contribution in [1.82, 2.24) is 0 Å². The molecule has 0 unspecified atom stereocenters. The minimum absolute atomic E-state index is 0. The Bertz CT molecular complexity index is 133. The van der Waals surface area contributed by atoms with Crippen molar-refractivity contribution in [3.05, 3.63) is 0 Å². The van der Waals surface area contributed by atoms with Crippen LogP contribution in [0.5, 0.6) is 0 Å². The molecule has 0 spiro atoms. The van der Waals surface area contributed by atoms with Gasteiger partial charge in [-0.3, -0.25) is 0 Å². The molecular formula is H6Al2Ca2Na2O9Si3. The van der Waals surface area contributed by atoms with Crippen LogP contribution in [-0.4, -0.2) is 197 Å². The maximum absolute atomic E-state index is 8.52. The van der Waals surface area contributed by atoms with Gasteiger partial charge in [0.25, 0.3) is 0 Å². The van der Waals surface area contributed by atoms with Crippen LogP contribution in [0.4, 0.5) is 0 Å².